The van der Waals surface area contributed by atoms with Crippen molar-refractivity contribution in [1.29, 1.82) is 0 Å². The number of aryl methyl sites for hydroxylation is 2. The molecule has 0 spiro atoms. The summed E-state index contributed by atoms with van der Waals surface area (Å²) in [7, 11) is 0. The zero-order valence-corrected chi connectivity index (χ0v) is 16.7. The Morgan fingerprint density at radius 1 is 1.14 bits per heavy atom. The second-order valence-electron chi connectivity index (χ2n) is 8.53. The molecule has 0 unspecified atom stereocenters. The van der Waals surface area contributed by atoms with E-state index in [1.54, 1.807) is 12.1 Å². The third-order valence-electron chi connectivity index (χ3n) is 6.44. The summed E-state index contributed by atoms with van der Waals surface area (Å²) >= 11 is 0. The summed E-state index contributed by atoms with van der Waals surface area (Å²) in [6, 6.07) is 7.50. The highest BCUT2D eigenvalue weighted by molar-refractivity contribution is 6.05. The van der Waals surface area contributed by atoms with Gasteiger partial charge in [0.1, 0.15) is 41.7 Å². The van der Waals surface area contributed by atoms with Gasteiger partial charge >= 0.3 is 0 Å². The normalized spacial score (nSPS) is 26.1. The van der Waals surface area contributed by atoms with Gasteiger partial charge in [-0.25, -0.2) is 0 Å². The maximum absolute atomic E-state index is 13.5. The van der Waals surface area contributed by atoms with Crippen LogP contribution in [0.5, 0.6) is 17.2 Å². The summed E-state index contributed by atoms with van der Waals surface area (Å²) in [5, 5.41) is 19.9. The van der Waals surface area contributed by atoms with Crippen molar-refractivity contribution in [3.8, 4) is 17.2 Å². The van der Waals surface area contributed by atoms with E-state index in [0.717, 1.165) is 28.0 Å². The molecule has 4 atom stereocenters. The van der Waals surface area contributed by atoms with Crippen molar-refractivity contribution < 1.29 is 29.2 Å². The summed E-state index contributed by atoms with van der Waals surface area (Å²) < 4.78 is 18.1. The minimum absolute atomic E-state index is 0.0178. The third kappa shape index (κ3) is 2.66. The lowest BCUT2D eigenvalue weighted by atomic mass is 9.80. The molecule has 2 N–H and O–H groups in total. The fourth-order valence-electron chi connectivity index (χ4n) is 4.45. The van der Waals surface area contributed by atoms with Crippen molar-refractivity contribution in [3.05, 3.63) is 52.1 Å². The summed E-state index contributed by atoms with van der Waals surface area (Å²) in [6.45, 7) is 5.48. The van der Waals surface area contributed by atoms with Gasteiger partial charge < -0.3 is 24.4 Å². The van der Waals surface area contributed by atoms with Crippen molar-refractivity contribution in [2.24, 2.45) is 0 Å². The number of aliphatic hydroxyl groups is 2. The van der Waals surface area contributed by atoms with E-state index in [1.807, 2.05) is 26.0 Å². The molecule has 6 nitrogen and oxygen atoms in total. The average molecular weight is 396 g/mol. The number of carbonyl (C=O) groups excluding carboxylic acids is 1. The molecule has 29 heavy (non-hydrogen) atoms. The fraction of sp³-hybridized carbons (Fsp3) is 0.435. The maximum atomic E-state index is 13.5. The Hall–Kier alpha value is -2.57. The third-order valence-corrected chi connectivity index (χ3v) is 6.44. The maximum Gasteiger partial charge on any atom is 0.178 e. The Kier molecular flexibility index (Phi) is 3.95. The number of carbonyl (C=O) groups is 1. The summed E-state index contributed by atoms with van der Waals surface area (Å²) in [6.07, 6.45) is -0.639. The van der Waals surface area contributed by atoms with Crippen LogP contribution in [0.15, 0.2) is 24.3 Å². The second kappa shape index (κ2) is 6.21. The van der Waals surface area contributed by atoms with Gasteiger partial charge in [0.15, 0.2) is 5.78 Å². The molecule has 0 saturated heterocycles. The number of benzene rings is 2. The first-order valence-electron chi connectivity index (χ1n) is 9.90. The standard InChI is InChI=1S/C23H24O6/c1-11-6-14-17(7-12(11)2)27-9-18-20(14)21(25)13-4-5-16-15(22(13)29-18)8-19(28-16)23(3,26)10-24/h4-7,18-20,24,26H,8-10H2,1-3H3/t18-,19-,20+,23+/m1/s1. The number of hydrogen-bond acceptors (Lipinski definition) is 6. The van der Waals surface area contributed by atoms with Crippen molar-refractivity contribution >= 4 is 5.78 Å². The molecule has 3 heterocycles. The van der Waals surface area contributed by atoms with E-state index in [9.17, 15) is 15.0 Å². The zero-order chi connectivity index (χ0) is 20.5. The largest absolute Gasteiger partial charge is 0.489 e. The van der Waals surface area contributed by atoms with Gasteiger partial charge in [-0.3, -0.25) is 4.79 Å². The molecule has 3 aliphatic rings. The molecular weight excluding hydrogens is 372 g/mol. The smallest absolute Gasteiger partial charge is 0.178 e. The predicted molar refractivity (Wildman–Crippen MR) is 105 cm³/mol. The number of fused-ring (bicyclic) bond motifs is 6. The summed E-state index contributed by atoms with van der Waals surface area (Å²) in [5.41, 5.74) is 3.03. The lowest BCUT2D eigenvalue weighted by molar-refractivity contribution is -0.0729. The molecule has 6 heteroatoms. The molecule has 0 fully saturated rings. The van der Waals surface area contributed by atoms with Crippen LogP contribution in [-0.2, 0) is 6.42 Å². The van der Waals surface area contributed by atoms with Crippen LogP contribution in [0.3, 0.4) is 0 Å². The molecule has 0 saturated carbocycles. The first-order valence-corrected chi connectivity index (χ1v) is 9.90. The predicted octanol–water partition coefficient (Wildman–Crippen LogP) is 2.47. The monoisotopic (exact) mass is 396 g/mol. The SMILES string of the molecule is Cc1cc2c(cc1C)[C@@H]1C(=O)c3ccc4c(c3O[C@@H]1CO2)C[C@H]([C@@](C)(O)CO)O4. The molecule has 2 aromatic rings. The van der Waals surface area contributed by atoms with Gasteiger partial charge in [0, 0.05) is 17.5 Å². The second-order valence-corrected chi connectivity index (χ2v) is 8.53. The number of rotatable bonds is 2. The van der Waals surface area contributed by atoms with E-state index in [1.165, 1.54) is 6.92 Å². The minimum Gasteiger partial charge on any atom is -0.489 e. The Labute approximate surface area is 169 Å². The van der Waals surface area contributed by atoms with Gasteiger partial charge in [-0.1, -0.05) is 6.07 Å². The van der Waals surface area contributed by atoms with E-state index in [2.05, 4.69) is 0 Å². The number of ketones is 1. The van der Waals surface area contributed by atoms with Gasteiger partial charge in [0.2, 0.25) is 0 Å². The van der Waals surface area contributed by atoms with Crippen LogP contribution >= 0.6 is 0 Å². The average Bonchev–Trinajstić information content (AvgIpc) is 3.15. The van der Waals surface area contributed by atoms with E-state index >= 15 is 0 Å². The fourth-order valence-corrected chi connectivity index (χ4v) is 4.45. The van der Waals surface area contributed by atoms with Gasteiger partial charge in [0.25, 0.3) is 0 Å². The molecule has 152 valence electrons. The molecule has 0 amide bonds. The van der Waals surface area contributed by atoms with Crippen LogP contribution in [0.1, 0.15) is 45.5 Å². The number of hydrogen-bond donors (Lipinski definition) is 2. The minimum atomic E-state index is -1.38. The molecular formula is C23H24O6. The van der Waals surface area contributed by atoms with Crippen molar-refractivity contribution in [1.82, 2.24) is 0 Å². The lowest BCUT2D eigenvalue weighted by Crippen LogP contribution is -2.45. The Morgan fingerprint density at radius 3 is 2.66 bits per heavy atom. The lowest BCUT2D eigenvalue weighted by Gasteiger charge is -2.37. The molecule has 5 rings (SSSR count). The highest BCUT2D eigenvalue weighted by Crippen LogP contribution is 2.48. The topological polar surface area (TPSA) is 85.2 Å². The number of Topliss-reactive ketones (excluding diaryl/α,β-unsaturated/α-hetero) is 1. The van der Waals surface area contributed by atoms with Gasteiger partial charge in [-0.2, -0.15) is 0 Å². The van der Waals surface area contributed by atoms with Crippen molar-refractivity contribution in [3.63, 3.8) is 0 Å². The number of ether oxygens (including phenoxy) is 3. The molecule has 0 radical (unpaired) electrons. The van der Waals surface area contributed by atoms with Crippen LogP contribution in [0, 0.1) is 13.8 Å². The Balaban J connectivity index is 1.56. The number of aliphatic hydroxyl groups excluding tert-OH is 1. The van der Waals surface area contributed by atoms with Gasteiger partial charge in [-0.05, 0) is 50.1 Å². The summed E-state index contributed by atoms with van der Waals surface area (Å²) in [5.74, 6) is 1.46. The summed E-state index contributed by atoms with van der Waals surface area (Å²) in [4.78, 5) is 13.5. The van der Waals surface area contributed by atoms with Crippen LogP contribution < -0.4 is 14.2 Å². The molecule has 0 bridgehead atoms. The van der Waals surface area contributed by atoms with E-state index in [4.69, 9.17) is 14.2 Å². The highest BCUT2D eigenvalue weighted by Gasteiger charge is 2.46. The Morgan fingerprint density at radius 2 is 1.90 bits per heavy atom. The zero-order valence-electron chi connectivity index (χ0n) is 16.7. The first-order chi connectivity index (χ1) is 13.8. The van der Waals surface area contributed by atoms with Crippen LogP contribution in [0.4, 0.5) is 0 Å². The molecule has 0 aromatic heterocycles. The molecule has 3 aliphatic heterocycles. The Bertz CT molecular complexity index is 1020. The van der Waals surface area contributed by atoms with E-state index in [0.29, 0.717) is 30.1 Å². The molecule has 2 aromatic carbocycles. The van der Waals surface area contributed by atoms with Crippen LogP contribution in [0.2, 0.25) is 0 Å². The molecule has 0 aliphatic carbocycles. The van der Waals surface area contributed by atoms with Crippen LogP contribution in [0.25, 0.3) is 0 Å². The first kappa shape index (κ1) is 18.5. The van der Waals surface area contributed by atoms with E-state index in [-0.39, 0.29) is 5.78 Å². The van der Waals surface area contributed by atoms with Crippen molar-refractivity contribution in [2.75, 3.05) is 13.2 Å². The quantitative estimate of drug-likeness (QED) is 0.811. The van der Waals surface area contributed by atoms with E-state index < -0.39 is 30.3 Å². The van der Waals surface area contributed by atoms with Gasteiger partial charge in [0.05, 0.1) is 18.1 Å². The van der Waals surface area contributed by atoms with Gasteiger partial charge in [-0.15, -0.1) is 0 Å². The van der Waals surface area contributed by atoms with Crippen LogP contribution in [-0.4, -0.2) is 47.0 Å². The van der Waals surface area contributed by atoms with Crippen molar-refractivity contribution in [2.45, 2.75) is 50.9 Å². The highest BCUT2D eigenvalue weighted by atomic mass is 16.5.